The van der Waals surface area contributed by atoms with E-state index in [1.165, 1.54) is 54.6 Å². The van der Waals surface area contributed by atoms with Crippen LogP contribution in [-0.4, -0.2) is 324 Å². The van der Waals surface area contributed by atoms with Gasteiger partial charge in [-0.15, -0.1) is 11.8 Å². The standard InChI is InChI=1S/C93H130N22O21S/c1-9-11-25-73-86(128)104-64(32-33-79(120)121)82(124)110-72(81(123)100-44-52(3)116)49-137-50-78(119)102-69(38-54-28-30-59(136-8)31-29-54)89(131)111(5)53(4)80(122)108-71(43-77(96)118)92(134)114-37-19-27-74(114)87(129)107-68(41-57-47-97-51-101-57)85(127)105-66(24-17-18-35-94)91(133)115-48-58(117)42-76(115)88(130)106-67(39-55-45-98-62-22-15-13-20-60(55)62)84(126)103-65(34-36-95)83(125)109-70(40-56-46-99-63-23-16-14-21-61(56)63)90(132)113(7)75(26-12-10-2)93(135)112(73)6/h13-16,20-23,28-31,45-47,51,53,58,64-76,98-99,117H,9-12,17-19,24-27,32-44,48-50,94-95H2,1-8H3,(H2,96,118)(H,97,101)(H,100,123)(H,102,119)(H,103,126)(H,104,128)(H,105,127)(H,106,130)(H,107,129)(H,108,122)(H,109,125)(H,110,124)(H,120,121)/t53-,58+,64-,65-,66-,67-,68-,69-,70-,71-,72-,73-,74-,75-,76-/m0/s1. The van der Waals surface area contributed by atoms with Crippen molar-refractivity contribution in [3.63, 3.8) is 0 Å². The molecule has 137 heavy (non-hydrogen) atoms. The lowest BCUT2D eigenvalue weighted by Gasteiger charge is -2.36. The number of hydrogen-bond acceptors (Lipinski definition) is 24. The van der Waals surface area contributed by atoms with E-state index in [1.807, 2.05) is 13.8 Å². The largest absolute Gasteiger partial charge is 0.497 e. The third-order valence-corrected chi connectivity index (χ3v) is 25.8. The zero-order valence-corrected chi connectivity index (χ0v) is 79.3. The third-order valence-electron chi connectivity index (χ3n) is 24.8. The van der Waals surface area contributed by atoms with Crippen LogP contribution >= 0.6 is 11.8 Å². The Morgan fingerprint density at radius 1 is 0.540 bits per heavy atom. The van der Waals surface area contributed by atoms with E-state index < -0.39 is 241 Å². The average molecular weight is 1920 g/mol. The number of benzene rings is 3. The summed E-state index contributed by atoms with van der Waals surface area (Å²) in [5, 5.41) is 49.7. The van der Waals surface area contributed by atoms with Crippen LogP contribution in [0.15, 0.2) is 97.7 Å². The first kappa shape index (κ1) is 107. The van der Waals surface area contributed by atoms with Gasteiger partial charge in [0.25, 0.3) is 0 Å². The second-order valence-corrected chi connectivity index (χ2v) is 35.9. The number of amides is 16. The Labute approximate surface area is 797 Å². The van der Waals surface area contributed by atoms with Crippen LogP contribution < -0.4 is 75.1 Å². The number of nitrogens with zero attached hydrogens (tertiary/aromatic N) is 6. The maximum absolute atomic E-state index is 15.8. The van der Waals surface area contributed by atoms with Gasteiger partial charge in [0.15, 0.2) is 0 Å². The molecule has 3 fully saturated rings. The number of carbonyl (C=O) groups is 18. The van der Waals surface area contributed by atoms with Crippen molar-refractivity contribution in [1.82, 2.24) is 97.6 Å². The quantitative estimate of drug-likeness (QED) is 0.0238. The Morgan fingerprint density at radius 3 is 1.68 bits per heavy atom. The summed E-state index contributed by atoms with van der Waals surface area (Å²) in [5.41, 5.74) is 21.1. The van der Waals surface area contributed by atoms with Crippen LogP contribution in [0.5, 0.6) is 5.75 Å². The SMILES string of the molecule is CCCC[C@H]1C(=O)N(C)[C@@H](CCCC)C(=O)N[C@@H](CCC(=O)O)C(=O)N[C@H](C(=O)NCC(C)=O)CSCC(=O)N[C@@H](Cc2ccc(OC)cc2)C(=O)N(C)[C@@H](C)C(=O)N[C@@H](CC(N)=O)C(=O)N2CCC[C@H]2C(=O)N[C@@H](Cc2cnc[nH]2)C(=O)N[C@@H](CCCCN)C(=O)N2C[C@H](O)C[C@H]2C(=O)N[C@@H](Cc2c[nH]c3ccccc23)C(=O)N[C@@H](CCN)C(=O)N[C@@H](Cc2c[nH]c3ccccc23)C(=O)N1C. The Kier molecular flexibility index (Phi) is 40.8. The van der Waals surface area contributed by atoms with E-state index in [0.717, 1.165) is 36.3 Å². The van der Waals surface area contributed by atoms with Gasteiger partial charge in [-0.1, -0.05) is 88.1 Å². The van der Waals surface area contributed by atoms with Gasteiger partial charge in [-0.2, -0.15) is 0 Å². The third kappa shape index (κ3) is 30.1. The lowest BCUT2D eigenvalue weighted by Crippen LogP contribution is -2.61. The van der Waals surface area contributed by atoms with Crippen LogP contribution in [0.4, 0.5) is 0 Å². The number of hydrogen-bond donors (Lipinski definition) is 18. The summed E-state index contributed by atoms with van der Waals surface area (Å²) in [6, 6.07) is -1.09. The number of H-pyrrole nitrogens is 3. The van der Waals surface area contributed by atoms with Gasteiger partial charge < -0.3 is 125 Å². The molecule has 3 aromatic heterocycles. The fourth-order valence-electron chi connectivity index (χ4n) is 17.0. The first-order chi connectivity index (χ1) is 65.5. The number of carbonyl (C=O) groups excluding carboxylic acids is 17. The number of aromatic amines is 3. The van der Waals surface area contributed by atoms with E-state index in [9.17, 15) is 58.2 Å². The highest BCUT2D eigenvalue weighted by atomic mass is 32.2. The summed E-state index contributed by atoms with van der Waals surface area (Å²) in [6.45, 7) is 4.91. The van der Waals surface area contributed by atoms with E-state index in [-0.39, 0.29) is 96.7 Å². The summed E-state index contributed by atoms with van der Waals surface area (Å²) in [5.74, 6) is -17.4. The summed E-state index contributed by atoms with van der Waals surface area (Å²) < 4.78 is 5.35. The number of nitrogens with one attached hydrogen (secondary N) is 13. The molecular weight excluding hydrogens is 1790 g/mol. The van der Waals surface area contributed by atoms with Crippen LogP contribution in [-0.2, 0) is 112 Å². The zero-order valence-electron chi connectivity index (χ0n) is 78.5. The number of imidazole rings is 1. The fourth-order valence-corrected chi connectivity index (χ4v) is 17.9. The van der Waals surface area contributed by atoms with E-state index in [4.69, 9.17) is 21.9 Å². The summed E-state index contributed by atoms with van der Waals surface area (Å²) in [6.07, 6.45) is 2.89. The van der Waals surface area contributed by atoms with Crippen molar-refractivity contribution >= 4 is 140 Å². The molecule has 6 aromatic rings. The van der Waals surface area contributed by atoms with Crippen LogP contribution in [0.25, 0.3) is 21.8 Å². The van der Waals surface area contributed by atoms with Gasteiger partial charge in [0, 0.05) is 125 Å². The molecular formula is C93H130N22O21S. The van der Waals surface area contributed by atoms with Crippen molar-refractivity contribution in [2.24, 2.45) is 17.2 Å². The molecule has 21 N–H and O–H groups in total. The summed E-state index contributed by atoms with van der Waals surface area (Å²) in [4.78, 5) is 283. The highest BCUT2D eigenvalue weighted by Gasteiger charge is 2.47. The predicted octanol–water partition coefficient (Wildman–Crippen LogP) is -1.48. The molecule has 3 aliphatic rings. The lowest BCUT2D eigenvalue weighted by atomic mass is 9.99. The van der Waals surface area contributed by atoms with E-state index in [2.05, 4.69) is 73.1 Å². The molecule has 9 rings (SSSR count). The van der Waals surface area contributed by atoms with Crippen LogP contribution in [0, 0.1) is 0 Å². The molecule has 3 aromatic carbocycles. The number of para-hydroxylation sites is 2. The molecule has 0 aliphatic carbocycles. The smallest absolute Gasteiger partial charge is 0.303 e. The minimum atomic E-state index is -1.78. The molecule has 44 heteroatoms. The molecule has 3 saturated heterocycles. The normalized spacial score (nSPS) is 24.5. The van der Waals surface area contributed by atoms with Crippen LogP contribution in [0.1, 0.15) is 153 Å². The van der Waals surface area contributed by atoms with Gasteiger partial charge in [-0.25, -0.2) is 4.98 Å². The minimum Gasteiger partial charge on any atom is -0.497 e. The number of Topliss-reactive ketones (excluding diaryl/α,β-unsaturated/α-hetero) is 1. The van der Waals surface area contributed by atoms with Crippen LogP contribution in [0.3, 0.4) is 0 Å². The summed E-state index contributed by atoms with van der Waals surface area (Å²) >= 11 is 0.762. The molecule has 0 saturated carbocycles. The number of likely N-dealkylation sites (N-methyl/N-ethyl adjacent to an activating group) is 3. The number of thioether (sulfide) groups is 1. The first-order valence-corrected chi connectivity index (χ1v) is 47.4. The van der Waals surface area contributed by atoms with Crippen molar-refractivity contribution in [3.8, 4) is 5.75 Å². The number of primary amides is 1. The Hall–Kier alpha value is -13.4. The molecule has 0 bridgehead atoms. The molecule has 3 aliphatic heterocycles. The van der Waals surface area contributed by atoms with Crippen molar-refractivity contribution in [2.45, 2.75) is 247 Å². The van der Waals surface area contributed by atoms with Crippen molar-refractivity contribution in [3.05, 3.63) is 120 Å². The Bertz CT molecular complexity index is 5250. The second kappa shape index (κ2) is 52.1. The molecule has 0 spiro atoms. The van der Waals surface area contributed by atoms with Gasteiger partial charge in [0.2, 0.25) is 94.5 Å². The number of carboxylic acid groups (broad SMARTS) is 1. The number of aliphatic hydroxyl groups excluding tert-OH is 1. The molecule has 15 atom stereocenters. The molecule has 744 valence electrons. The number of carboxylic acids is 1. The molecule has 0 unspecified atom stereocenters. The number of unbranched alkanes of at least 4 members (excludes halogenated alkanes) is 3. The number of fused-ring (bicyclic) bond motifs is 4. The number of rotatable bonds is 29. The highest BCUT2D eigenvalue weighted by Crippen LogP contribution is 2.28. The maximum Gasteiger partial charge on any atom is 0.303 e. The van der Waals surface area contributed by atoms with Crippen LogP contribution in [0.2, 0.25) is 0 Å². The maximum atomic E-state index is 15.8. The number of ketones is 1. The van der Waals surface area contributed by atoms with Crippen molar-refractivity contribution in [2.75, 3.05) is 72.5 Å². The summed E-state index contributed by atoms with van der Waals surface area (Å²) in [7, 11) is 5.34. The Morgan fingerprint density at radius 2 is 1.08 bits per heavy atom. The number of methoxy groups -OCH3 is 1. The van der Waals surface area contributed by atoms with Gasteiger partial charge >= 0.3 is 5.97 Å². The number of ether oxygens (including phenoxy) is 1. The number of aliphatic hydroxyl groups is 1. The van der Waals surface area contributed by atoms with Crippen molar-refractivity contribution in [1.29, 1.82) is 0 Å². The fraction of sp³-hybridized carbons (Fsp3) is 0.538. The highest BCUT2D eigenvalue weighted by molar-refractivity contribution is 8.00. The van der Waals surface area contributed by atoms with E-state index in [1.54, 1.807) is 85.2 Å². The average Bonchev–Trinajstić information content (AvgIpc) is 1.71. The first-order valence-electron chi connectivity index (χ1n) is 46.2. The number of aromatic nitrogens is 4. The zero-order chi connectivity index (χ0) is 99.9. The molecule has 6 heterocycles. The van der Waals surface area contributed by atoms with Gasteiger partial charge in [0.1, 0.15) is 96.1 Å². The van der Waals surface area contributed by atoms with Gasteiger partial charge in [-0.05, 0) is 126 Å². The topological polar surface area (TPSA) is 632 Å². The molecule has 16 amide bonds. The van der Waals surface area contributed by atoms with Gasteiger partial charge in [-0.3, -0.25) is 86.3 Å². The van der Waals surface area contributed by atoms with Gasteiger partial charge in [0.05, 0.1) is 38.3 Å². The monoisotopic (exact) mass is 1920 g/mol. The van der Waals surface area contributed by atoms with E-state index >= 15 is 38.4 Å². The van der Waals surface area contributed by atoms with E-state index in [0.29, 0.717) is 82.0 Å². The second-order valence-electron chi connectivity index (χ2n) is 34.9. The number of aliphatic carboxylic acids is 1. The predicted molar refractivity (Wildman–Crippen MR) is 504 cm³/mol. The molecule has 0 radical (unpaired) electrons. The lowest BCUT2D eigenvalue weighted by molar-refractivity contribution is -0.149. The van der Waals surface area contributed by atoms with Crippen molar-refractivity contribution < 1.29 is 101 Å². The minimum absolute atomic E-state index is 0.0125. The Balaban J connectivity index is 1.11. The molecule has 43 nitrogen and oxygen atoms in total. The number of nitrogens with two attached hydrogens (primary N) is 3.